The van der Waals surface area contributed by atoms with Crippen molar-refractivity contribution in [1.82, 2.24) is 0 Å². The van der Waals surface area contributed by atoms with Crippen LogP contribution in [0.1, 0.15) is 15.9 Å². The maximum Gasteiger partial charge on any atom is 1.00 e. The molecule has 0 radical (unpaired) electrons. The van der Waals surface area contributed by atoms with E-state index >= 15 is 0 Å². The van der Waals surface area contributed by atoms with Crippen LogP contribution in [0.3, 0.4) is 0 Å². The molecule has 0 bridgehead atoms. The van der Waals surface area contributed by atoms with Crippen molar-refractivity contribution in [3.8, 4) is 27.3 Å². The van der Waals surface area contributed by atoms with Crippen LogP contribution in [0.2, 0.25) is 0 Å². The number of hydrogen-bond donors (Lipinski definition) is 0. The van der Waals surface area contributed by atoms with E-state index in [0.717, 1.165) is 36.7 Å². The summed E-state index contributed by atoms with van der Waals surface area (Å²) in [6, 6.07) is 26.8. The Morgan fingerprint density at radius 1 is 0.900 bits per heavy atom. The van der Waals surface area contributed by atoms with Gasteiger partial charge >= 0.3 is 29.6 Å². The van der Waals surface area contributed by atoms with Gasteiger partial charge in [0.25, 0.3) is 0 Å². The van der Waals surface area contributed by atoms with Crippen molar-refractivity contribution in [2.45, 2.75) is 6.61 Å². The van der Waals surface area contributed by atoms with E-state index < -0.39 is 5.97 Å². The van der Waals surface area contributed by atoms with Gasteiger partial charge in [0.15, 0.2) is 0 Å². The summed E-state index contributed by atoms with van der Waals surface area (Å²) < 4.78 is 7.12. The number of carboxylic acid groups (broad SMARTS) is 1. The molecule has 144 valence electrons. The number of carboxylic acids is 1. The second kappa shape index (κ2) is 10.4. The van der Waals surface area contributed by atoms with Crippen molar-refractivity contribution in [3.05, 3.63) is 99.8 Å². The number of rotatable bonds is 6. The molecule has 1 aromatic heterocycles. The zero-order valence-electron chi connectivity index (χ0n) is 16.3. The van der Waals surface area contributed by atoms with Crippen molar-refractivity contribution < 1.29 is 44.2 Å². The summed E-state index contributed by atoms with van der Waals surface area (Å²) in [6.45, 7) is 0.485. The molecule has 4 rings (SSSR count). The molecule has 0 atom stereocenters. The van der Waals surface area contributed by atoms with E-state index in [1.807, 2.05) is 54.6 Å². The summed E-state index contributed by atoms with van der Waals surface area (Å²) in [5.41, 5.74) is 4.24. The molecule has 0 aliphatic rings. The van der Waals surface area contributed by atoms with Gasteiger partial charge in [0.05, 0.1) is 9.76 Å². The Bertz CT molecular complexity index is 1140. The van der Waals surface area contributed by atoms with E-state index in [0.29, 0.717) is 6.61 Å². The Balaban J connectivity index is 0.00000256. The predicted molar refractivity (Wildman–Crippen MR) is 118 cm³/mol. The fourth-order valence-corrected chi connectivity index (χ4v) is 4.70. The van der Waals surface area contributed by atoms with Gasteiger partial charge in [-0.2, -0.15) is 0 Å². The van der Waals surface area contributed by atoms with E-state index in [4.69, 9.17) is 4.74 Å². The SMILES string of the molecule is O=C([O-])c1ccc(-c2sc(Br)cc2-c2ccccc2OCc2ccccc2)cc1.[Na+]. The Morgan fingerprint density at radius 3 is 2.27 bits per heavy atom. The molecular weight excluding hydrogens is 471 g/mol. The van der Waals surface area contributed by atoms with Gasteiger partial charge in [0.2, 0.25) is 0 Å². The summed E-state index contributed by atoms with van der Waals surface area (Å²) in [6.07, 6.45) is 0. The van der Waals surface area contributed by atoms with Crippen LogP contribution in [0.4, 0.5) is 0 Å². The van der Waals surface area contributed by atoms with Crippen LogP contribution in [0, 0.1) is 0 Å². The minimum absolute atomic E-state index is 0. The summed E-state index contributed by atoms with van der Waals surface area (Å²) in [7, 11) is 0. The molecular formula is C24H16BrNaO3S. The minimum atomic E-state index is -1.18. The van der Waals surface area contributed by atoms with E-state index in [9.17, 15) is 9.90 Å². The molecule has 0 spiro atoms. The molecule has 30 heavy (non-hydrogen) atoms. The quantitative estimate of drug-likeness (QED) is 0.393. The van der Waals surface area contributed by atoms with Crippen molar-refractivity contribution >= 4 is 33.2 Å². The maximum absolute atomic E-state index is 11.0. The van der Waals surface area contributed by atoms with Crippen molar-refractivity contribution in [2.75, 3.05) is 0 Å². The molecule has 0 aliphatic carbocycles. The normalized spacial score (nSPS) is 10.3. The number of aromatic carboxylic acids is 1. The number of ether oxygens (including phenoxy) is 1. The first kappa shape index (κ1) is 22.8. The first-order valence-corrected chi connectivity index (χ1v) is 10.6. The molecule has 0 saturated heterocycles. The molecule has 4 aromatic rings. The second-order valence-electron chi connectivity index (χ2n) is 6.43. The fraction of sp³-hybridized carbons (Fsp3) is 0.0417. The molecule has 6 heteroatoms. The van der Waals surface area contributed by atoms with E-state index in [1.54, 1.807) is 35.6 Å². The van der Waals surface area contributed by atoms with Gasteiger partial charge in [0.1, 0.15) is 12.4 Å². The Morgan fingerprint density at radius 2 is 1.57 bits per heavy atom. The largest absolute Gasteiger partial charge is 1.00 e. The Labute approximate surface area is 209 Å². The van der Waals surface area contributed by atoms with Gasteiger partial charge in [-0.15, -0.1) is 11.3 Å². The Kier molecular flexibility index (Phi) is 7.92. The molecule has 0 amide bonds. The maximum atomic E-state index is 11.0. The van der Waals surface area contributed by atoms with E-state index in [1.165, 1.54) is 0 Å². The van der Waals surface area contributed by atoms with E-state index in [-0.39, 0.29) is 35.1 Å². The topological polar surface area (TPSA) is 49.4 Å². The van der Waals surface area contributed by atoms with Crippen LogP contribution in [0.15, 0.2) is 88.7 Å². The molecule has 3 aromatic carbocycles. The van der Waals surface area contributed by atoms with Crippen molar-refractivity contribution in [1.29, 1.82) is 0 Å². The molecule has 0 fully saturated rings. The average molecular weight is 487 g/mol. The van der Waals surface area contributed by atoms with Crippen molar-refractivity contribution in [3.63, 3.8) is 0 Å². The summed E-state index contributed by atoms with van der Waals surface area (Å²) in [5, 5.41) is 11.0. The van der Waals surface area contributed by atoms with Crippen LogP contribution in [0.25, 0.3) is 21.6 Å². The zero-order valence-corrected chi connectivity index (χ0v) is 20.7. The number of para-hydroxylation sites is 1. The average Bonchev–Trinajstić information content (AvgIpc) is 3.15. The van der Waals surface area contributed by atoms with Gasteiger partial charge in [-0.05, 0) is 44.8 Å². The summed E-state index contributed by atoms with van der Waals surface area (Å²) in [4.78, 5) is 12.1. The zero-order chi connectivity index (χ0) is 20.2. The number of carbonyl (C=O) groups excluding carboxylic acids is 1. The van der Waals surface area contributed by atoms with Gasteiger partial charge in [-0.1, -0.05) is 72.8 Å². The first-order chi connectivity index (χ1) is 14.1. The number of hydrogen-bond acceptors (Lipinski definition) is 4. The fourth-order valence-electron chi connectivity index (χ4n) is 3.08. The molecule has 0 unspecified atom stereocenters. The summed E-state index contributed by atoms with van der Waals surface area (Å²) in [5.74, 6) is -0.377. The molecule has 0 saturated carbocycles. The van der Waals surface area contributed by atoms with Gasteiger partial charge in [0, 0.05) is 16.0 Å². The van der Waals surface area contributed by atoms with Crippen LogP contribution < -0.4 is 39.4 Å². The number of benzene rings is 3. The first-order valence-electron chi connectivity index (χ1n) is 8.99. The molecule has 0 aliphatic heterocycles. The monoisotopic (exact) mass is 486 g/mol. The van der Waals surface area contributed by atoms with Crippen LogP contribution in [-0.2, 0) is 6.61 Å². The third kappa shape index (κ3) is 5.23. The number of thiophene rings is 1. The molecule has 1 heterocycles. The number of carbonyl (C=O) groups is 1. The Hall–Kier alpha value is -1.89. The van der Waals surface area contributed by atoms with Crippen LogP contribution >= 0.6 is 27.3 Å². The van der Waals surface area contributed by atoms with Crippen LogP contribution in [0.5, 0.6) is 5.75 Å². The predicted octanol–water partition coefficient (Wildman–Crippen LogP) is 2.79. The molecule has 0 N–H and O–H groups in total. The van der Waals surface area contributed by atoms with E-state index in [2.05, 4.69) is 22.0 Å². The van der Waals surface area contributed by atoms with Crippen LogP contribution in [-0.4, -0.2) is 5.97 Å². The van der Waals surface area contributed by atoms with Gasteiger partial charge in [-0.25, -0.2) is 0 Å². The van der Waals surface area contributed by atoms with Crippen molar-refractivity contribution in [2.24, 2.45) is 0 Å². The third-order valence-corrected chi connectivity index (χ3v) is 6.19. The number of halogens is 1. The minimum Gasteiger partial charge on any atom is -0.545 e. The van der Waals surface area contributed by atoms with Gasteiger partial charge < -0.3 is 14.6 Å². The molecule has 3 nitrogen and oxygen atoms in total. The second-order valence-corrected chi connectivity index (χ2v) is 8.86. The smallest absolute Gasteiger partial charge is 0.545 e. The summed E-state index contributed by atoms with van der Waals surface area (Å²) >= 11 is 5.19. The standard InChI is InChI=1S/C24H17BrO3S.Na/c25-22-14-20(23(29-22)17-10-12-18(13-11-17)24(26)27)19-8-4-5-9-21(19)28-15-16-6-2-1-3-7-16;/h1-14H,15H2,(H,26,27);/q;+1/p-1. The third-order valence-electron chi connectivity index (χ3n) is 4.50. The van der Waals surface area contributed by atoms with Gasteiger partial charge in [-0.3, -0.25) is 0 Å².